The van der Waals surface area contributed by atoms with Crippen molar-refractivity contribution in [2.45, 2.75) is 57.9 Å². The fourth-order valence-electron chi connectivity index (χ4n) is 4.31. The Balaban J connectivity index is 1.84. The maximum Gasteiger partial charge on any atom is 0.414 e. The van der Waals surface area contributed by atoms with Crippen LogP contribution in [-0.2, 0) is 12.0 Å². The number of rotatable bonds is 6. The van der Waals surface area contributed by atoms with E-state index >= 15 is 0 Å². The van der Waals surface area contributed by atoms with E-state index in [9.17, 15) is 18.3 Å². The SMILES string of the molecule is Cc1ccc(C(C)(C)N2CC[C@@](CCc3ccc(C#N)cn3)([C@@H](O)C(F)(F)F)C2)cn1. The van der Waals surface area contributed by atoms with Crippen LogP contribution >= 0.6 is 0 Å². The van der Waals surface area contributed by atoms with E-state index < -0.39 is 23.2 Å². The van der Waals surface area contributed by atoms with Crippen LogP contribution in [0.4, 0.5) is 13.2 Å². The summed E-state index contributed by atoms with van der Waals surface area (Å²) in [5.74, 6) is 0. The predicted octanol–water partition coefficient (Wildman–Crippen LogP) is 4.14. The summed E-state index contributed by atoms with van der Waals surface area (Å²) >= 11 is 0. The van der Waals surface area contributed by atoms with Gasteiger partial charge in [0.25, 0.3) is 0 Å². The van der Waals surface area contributed by atoms with Gasteiger partial charge in [-0.15, -0.1) is 0 Å². The van der Waals surface area contributed by atoms with E-state index in [0.717, 1.165) is 11.3 Å². The molecule has 1 N–H and O–H groups in total. The van der Waals surface area contributed by atoms with Crippen LogP contribution in [0.1, 0.15) is 49.2 Å². The van der Waals surface area contributed by atoms with Crippen LogP contribution in [0.15, 0.2) is 36.7 Å². The van der Waals surface area contributed by atoms with Crippen molar-refractivity contribution in [3.63, 3.8) is 0 Å². The molecule has 1 saturated heterocycles. The van der Waals surface area contributed by atoms with Crippen LogP contribution in [-0.4, -0.2) is 45.3 Å². The lowest BCUT2D eigenvalue weighted by Crippen LogP contribution is -2.49. The molecule has 8 heteroatoms. The molecule has 0 aliphatic carbocycles. The van der Waals surface area contributed by atoms with E-state index in [2.05, 4.69) is 9.97 Å². The lowest BCUT2D eigenvalue weighted by molar-refractivity contribution is -0.239. The number of halogens is 3. The van der Waals surface area contributed by atoms with Crippen LogP contribution in [0.3, 0.4) is 0 Å². The second kappa shape index (κ2) is 8.56. The average molecular weight is 432 g/mol. The summed E-state index contributed by atoms with van der Waals surface area (Å²) in [6.07, 6.45) is -3.29. The summed E-state index contributed by atoms with van der Waals surface area (Å²) in [7, 11) is 0. The number of aryl methyl sites for hydroxylation is 2. The Hall–Kier alpha value is -2.50. The number of aromatic nitrogens is 2. The van der Waals surface area contributed by atoms with Crippen LogP contribution in [0, 0.1) is 23.7 Å². The predicted molar refractivity (Wildman–Crippen MR) is 110 cm³/mol. The first-order valence-electron chi connectivity index (χ1n) is 10.3. The van der Waals surface area contributed by atoms with Gasteiger partial charge < -0.3 is 5.11 Å². The third kappa shape index (κ3) is 4.89. The molecule has 0 amide bonds. The second-order valence-electron chi connectivity index (χ2n) is 8.88. The molecule has 0 saturated carbocycles. The third-order valence-corrected chi connectivity index (χ3v) is 6.52. The zero-order chi connectivity index (χ0) is 22.9. The Bertz CT molecular complexity index is 935. The number of pyridine rings is 2. The number of aliphatic hydroxyl groups excluding tert-OH is 1. The monoisotopic (exact) mass is 432 g/mol. The van der Waals surface area contributed by atoms with Gasteiger partial charge in [0.15, 0.2) is 6.10 Å². The molecule has 3 heterocycles. The Morgan fingerprint density at radius 1 is 1.19 bits per heavy atom. The number of hydrogen-bond donors (Lipinski definition) is 1. The number of aliphatic hydroxyl groups is 1. The van der Waals surface area contributed by atoms with Crippen molar-refractivity contribution in [3.8, 4) is 6.07 Å². The highest BCUT2D eigenvalue weighted by molar-refractivity contribution is 5.26. The third-order valence-electron chi connectivity index (χ3n) is 6.52. The van der Waals surface area contributed by atoms with E-state index in [1.54, 1.807) is 18.3 Å². The summed E-state index contributed by atoms with van der Waals surface area (Å²) in [6.45, 7) is 6.38. The molecule has 1 aliphatic rings. The second-order valence-corrected chi connectivity index (χ2v) is 8.88. The molecule has 2 aromatic heterocycles. The van der Waals surface area contributed by atoms with Crippen LogP contribution < -0.4 is 0 Å². The summed E-state index contributed by atoms with van der Waals surface area (Å²) in [6, 6.07) is 9.07. The molecule has 166 valence electrons. The van der Waals surface area contributed by atoms with E-state index in [-0.39, 0.29) is 19.4 Å². The van der Waals surface area contributed by atoms with Gasteiger partial charge in [0, 0.05) is 41.3 Å². The largest absolute Gasteiger partial charge is 0.414 e. The topological polar surface area (TPSA) is 73.0 Å². The number of nitriles is 1. The Labute approximate surface area is 180 Å². The number of hydrogen-bond acceptors (Lipinski definition) is 5. The first-order valence-corrected chi connectivity index (χ1v) is 10.3. The Kier molecular flexibility index (Phi) is 6.40. The molecule has 0 radical (unpaired) electrons. The highest BCUT2D eigenvalue weighted by Gasteiger charge is 2.56. The Morgan fingerprint density at radius 2 is 1.94 bits per heavy atom. The first kappa shape index (κ1) is 23.2. The van der Waals surface area contributed by atoms with Gasteiger partial charge in [-0.2, -0.15) is 18.4 Å². The van der Waals surface area contributed by atoms with Gasteiger partial charge in [-0.3, -0.25) is 14.9 Å². The zero-order valence-electron chi connectivity index (χ0n) is 17.9. The minimum absolute atomic E-state index is 0.116. The minimum atomic E-state index is -4.70. The van der Waals surface area contributed by atoms with Gasteiger partial charge in [-0.05, 0) is 70.3 Å². The highest BCUT2D eigenvalue weighted by atomic mass is 19.4. The minimum Gasteiger partial charge on any atom is -0.383 e. The average Bonchev–Trinajstić information content (AvgIpc) is 3.18. The summed E-state index contributed by atoms with van der Waals surface area (Å²) in [4.78, 5) is 10.5. The van der Waals surface area contributed by atoms with Crippen LogP contribution in [0.2, 0.25) is 0 Å². The lowest BCUT2D eigenvalue weighted by atomic mass is 9.76. The maximum atomic E-state index is 13.6. The fraction of sp³-hybridized carbons (Fsp3) is 0.522. The van der Waals surface area contributed by atoms with Gasteiger partial charge in [-0.1, -0.05) is 6.07 Å². The number of likely N-dealkylation sites (tertiary alicyclic amines) is 1. The molecule has 1 fully saturated rings. The van der Waals surface area contributed by atoms with Crippen LogP contribution in [0.5, 0.6) is 0 Å². The molecule has 0 aromatic carbocycles. The van der Waals surface area contributed by atoms with Crippen molar-refractivity contribution in [2.24, 2.45) is 5.41 Å². The molecule has 5 nitrogen and oxygen atoms in total. The summed E-state index contributed by atoms with van der Waals surface area (Å²) in [5.41, 5.74) is 0.938. The summed E-state index contributed by atoms with van der Waals surface area (Å²) in [5, 5.41) is 19.2. The molecule has 3 rings (SSSR count). The van der Waals surface area contributed by atoms with E-state index in [0.29, 0.717) is 24.2 Å². The standard InChI is InChI=1S/C23H27F3N4O/c1-16-4-6-18(14-28-16)21(2,3)30-11-10-22(15-30,20(31)23(24,25)26)9-8-19-7-5-17(12-27)13-29-19/h4-7,13-14,20,31H,8-11,15H2,1-3H3/t20-,22-/m1/s1. The zero-order valence-corrected chi connectivity index (χ0v) is 17.9. The first-order chi connectivity index (χ1) is 14.5. The van der Waals surface area contributed by atoms with Gasteiger partial charge in [-0.25, -0.2) is 0 Å². The van der Waals surface area contributed by atoms with Gasteiger partial charge >= 0.3 is 6.18 Å². The van der Waals surface area contributed by atoms with Crippen molar-refractivity contribution >= 4 is 0 Å². The number of alkyl halides is 3. The highest BCUT2D eigenvalue weighted by Crippen LogP contribution is 2.47. The van der Waals surface area contributed by atoms with Gasteiger partial charge in [0.2, 0.25) is 0 Å². The Morgan fingerprint density at radius 3 is 2.48 bits per heavy atom. The molecule has 0 unspecified atom stereocenters. The molecule has 0 spiro atoms. The molecule has 31 heavy (non-hydrogen) atoms. The smallest absolute Gasteiger partial charge is 0.383 e. The molecule has 0 bridgehead atoms. The lowest BCUT2D eigenvalue weighted by Gasteiger charge is -2.40. The molecular weight excluding hydrogens is 405 g/mol. The molecular formula is C23H27F3N4O. The molecule has 2 aromatic rings. The molecule has 1 aliphatic heterocycles. The summed E-state index contributed by atoms with van der Waals surface area (Å²) < 4.78 is 40.9. The van der Waals surface area contributed by atoms with E-state index in [1.165, 1.54) is 6.20 Å². The van der Waals surface area contributed by atoms with Crippen molar-refractivity contribution < 1.29 is 18.3 Å². The van der Waals surface area contributed by atoms with Crippen molar-refractivity contribution in [3.05, 3.63) is 59.2 Å². The van der Waals surface area contributed by atoms with Crippen LogP contribution in [0.25, 0.3) is 0 Å². The maximum absolute atomic E-state index is 13.6. The van der Waals surface area contributed by atoms with E-state index in [4.69, 9.17) is 5.26 Å². The van der Waals surface area contributed by atoms with Crippen molar-refractivity contribution in [1.82, 2.24) is 14.9 Å². The quantitative estimate of drug-likeness (QED) is 0.743. The fourth-order valence-corrected chi connectivity index (χ4v) is 4.31. The van der Waals surface area contributed by atoms with Crippen molar-refractivity contribution in [1.29, 1.82) is 5.26 Å². The normalized spacial score (nSPS) is 21.1. The molecule has 2 atom stereocenters. The number of nitrogens with zero attached hydrogens (tertiary/aromatic N) is 4. The van der Waals surface area contributed by atoms with Gasteiger partial charge in [0.05, 0.1) is 5.56 Å². The van der Waals surface area contributed by atoms with Gasteiger partial charge in [0.1, 0.15) is 6.07 Å². The van der Waals surface area contributed by atoms with E-state index in [1.807, 2.05) is 43.9 Å². The van der Waals surface area contributed by atoms with Crippen molar-refractivity contribution in [2.75, 3.05) is 13.1 Å².